The molecule has 3 heteroatoms. The van der Waals surface area contributed by atoms with Crippen LogP contribution in [0.3, 0.4) is 0 Å². The molecule has 0 aliphatic heterocycles. The Bertz CT molecular complexity index is 204. The maximum absolute atomic E-state index is 11.5. The number of amides is 1. The normalized spacial score (nSPS) is 19.1. The number of aliphatic hydroxyl groups is 1. The highest BCUT2D eigenvalue weighted by atomic mass is 16.3. The molecule has 1 aliphatic carbocycles. The molecule has 3 nitrogen and oxygen atoms in total. The van der Waals surface area contributed by atoms with E-state index in [9.17, 15) is 4.79 Å². The molecule has 1 saturated carbocycles. The van der Waals surface area contributed by atoms with E-state index in [0.29, 0.717) is 6.42 Å². The minimum Gasteiger partial charge on any atom is -0.396 e. The molecule has 0 aromatic carbocycles. The Balaban J connectivity index is 2.45. The molecule has 1 unspecified atom stereocenters. The highest BCUT2D eigenvalue weighted by molar-refractivity contribution is 5.81. The first-order valence-corrected chi connectivity index (χ1v) is 5.36. The van der Waals surface area contributed by atoms with Crippen molar-refractivity contribution < 1.29 is 9.90 Å². The van der Waals surface area contributed by atoms with E-state index in [2.05, 4.69) is 26.1 Å². The summed E-state index contributed by atoms with van der Waals surface area (Å²) in [5.74, 6) is 0.414. The van der Waals surface area contributed by atoms with Crippen LogP contribution in [-0.4, -0.2) is 23.7 Å². The van der Waals surface area contributed by atoms with Gasteiger partial charge in [-0.05, 0) is 24.7 Å². The molecule has 1 amide bonds. The third-order valence-electron chi connectivity index (χ3n) is 2.73. The molecule has 1 fully saturated rings. The van der Waals surface area contributed by atoms with E-state index in [1.807, 2.05) is 0 Å². The number of carbonyl (C=O) groups excluding carboxylic acids is 1. The van der Waals surface area contributed by atoms with Gasteiger partial charge < -0.3 is 10.4 Å². The van der Waals surface area contributed by atoms with Gasteiger partial charge in [0.2, 0.25) is 5.91 Å². The topological polar surface area (TPSA) is 49.3 Å². The van der Waals surface area contributed by atoms with Crippen LogP contribution in [0.25, 0.3) is 0 Å². The van der Waals surface area contributed by atoms with E-state index in [1.165, 1.54) is 0 Å². The Kier molecular flexibility index (Phi) is 3.53. The molecular weight excluding hydrogens is 178 g/mol. The third-order valence-corrected chi connectivity index (χ3v) is 2.73. The number of nitrogens with one attached hydrogen (secondary N) is 1. The molecule has 1 atom stereocenters. The van der Waals surface area contributed by atoms with Gasteiger partial charge in [-0.1, -0.05) is 20.8 Å². The number of hydrogen-bond acceptors (Lipinski definition) is 2. The first-order chi connectivity index (χ1) is 6.45. The highest BCUT2D eigenvalue weighted by Gasteiger charge is 2.33. The van der Waals surface area contributed by atoms with Gasteiger partial charge in [0.1, 0.15) is 0 Å². The molecule has 1 rings (SSSR count). The third kappa shape index (κ3) is 3.29. The van der Waals surface area contributed by atoms with E-state index in [4.69, 9.17) is 5.11 Å². The van der Waals surface area contributed by atoms with Crippen LogP contribution < -0.4 is 5.32 Å². The lowest BCUT2D eigenvalue weighted by molar-refractivity contribution is -0.123. The van der Waals surface area contributed by atoms with Gasteiger partial charge in [-0.15, -0.1) is 0 Å². The van der Waals surface area contributed by atoms with Gasteiger partial charge in [0, 0.05) is 18.6 Å². The van der Waals surface area contributed by atoms with E-state index < -0.39 is 0 Å². The molecule has 82 valence electrons. The first kappa shape index (κ1) is 11.5. The van der Waals surface area contributed by atoms with Gasteiger partial charge in [0.15, 0.2) is 0 Å². The fraction of sp³-hybridized carbons (Fsp3) is 0.909. The SMILES string of the molecule is CC(C)(C)C(CCO)NC(=O)C1CC1. The van der Waals surface area contributed by atoms with Crippen molar-refractivity contribution >= 4 is 5.91 Å². The summed E-state index contributed by atoms with van der Waals surface area (Å²) in [4.78, 5) is 11.5. The quantitative estimate of drug-likeness (QED) is 0.717. The molecule has 2 N–H and O–H groups in total. The van der Waals surface area contributed by atoms with Crippen LogP contribution in [0.2, 0.25) is 0 Å². The zero-order valence-electron chi connectivity index (χ0n) is 9.34. The summed E-state index contributed by atoms with van der Waals surface area (Å²) >= 11 is 0. The van der Waals surface area contributed by atoms with Gasteiger partial charge >= 0.3 is 0 Å². The summed E-state index contributed by atoms with van der Waals surface area (Å²) in [6, 6.07) is 0.0839. The Labute approximate surface area is 85.9 Å². The molecule has 0 spiro atoms. The van der Waals surface area contributed by atoms with E-state index in [0.717, 1.165) is 12.8 Å². The van der Waals surface area contributed by atoms with Crippen LogP contribution in [0.5, 0.6) is 0 Å². The van der Waals surface area contributed by atoms with Crippen LogP contribution in [0.15, 0.2) is 0 Å². The van der Waals surface area contributed by atoms with Gasteiger partial charge in [0.05, 0.1) is 0 Å². The first-order valence-electron chi connectivity index (χ1n) is 5.36. The summed E-state index contributed by atoms with van der Waals surface area (Å²) in [6.07, 6.45) is 2.70. The van der Waals surface area contributed by atoms with Crippen molar-refractivity contribution in [2.75, 3.05) is 6.61 Å². The van der Waals surface area contributed by atoms with E-state index in [1.54, 1.807) is 0 Å². The molecule has 0 bridgehead atoms. The minimum atomic E-state index is 0.0211. The standard InChI is InChI=1S/C11H21NO2/c1-11(2,3)9(6-7-13)12-10(14)8-4-5-8/h8-9,13H,4-7H2,1-3H3,(H,12,14). The number of carbonyl (C=O) groups is 1. The lowest BCUT2D eigenvalue weighted by Crippen LogP contribution is -2.44. The Hall–Kier alpha value is -0.570. The molecule has 0 heterocycles. The number of aliphatic hydroxyl groups excluding tert-OH is 1. The van der Waals surface area contributed by atoms with Crippen LogP contribution in [0.4, 0.5) is 0 Å². The number of rotatable bonds is 4. The molecule has 0 radical (unpaired) electrons. The fourth-order valence-corrected chi connectivity index (χ4v) is 1.49. The van der Waals surface area contributed by atoms with E-state index in [-0.39, 0.29) is 29.9 Å². The van der Waals surface area contributed by atoms with Crippen LogP contribution in [0, 0.1) is 11.3 Å². The Morgan fingerprint density at radius 1 is 1.50 bits per heavy atom. The van der Waals surface area contributed by atoms with Crippen LogP contribution in [-0.2, 0) is 4.79 Å². The van der Waals surface area contributed by atoms with Crippen molar-refractivity contribution in [1.82, 2.24) is 5.32 Å². The van der Waals surface area contributed by atoms with Crippen molar-refractivity contribution in [2.24, 2.45) is 11.3 Å². The second-order valence-corrected chi connectivity index (χ2v) is 5.21. The largest absolute Gasteiger partial charge is 0.396 e. The molecule has 0 aromatic heterocycles. The fourth-order valence-electron chi connectivity index (χ4n) is 1.49. The lowest BCUT2D eigenvalue weighted by Gasteiger charge is -2.31. The van der Waals surface area contributed by atoms with Crippen LogP contribution in [0.1, 0.15) is 40.0 Å². The van der Waals surface area contributed by atoms with Crippen molar-refractivity contribution in [3.05, 3.63) is 0 Å². The van der Waals surface area contributed by atoms with Crippen molar-refractivity contribution in [2.45, 2.75) is 46.1 Å². The summed E-state index contributed by atoms with van der Waals surface area (Å²) < 4.78 is 0. The molecular formula is C11H21NO2. The highest BCUT2D eigenvalue weighted by Crippen LogP contribution is 2.30. The second-order valence-electron chi connectivity index (χ2n) is 5.21. The maximum Gasteiger partial charge on any atom is 0.223 e. The van der Waals surface area contributed by atoms with Gasteiger partial charge in [-0.2, -0.15) is 0 Å². The van der Waals surface area contributed by atoms with Gasteiger partial charge in [0.25, 0.3) is 0 Å². The smallest absolute Gasteiger partial charge is 0.223 e. The predicted octanol–water partition coefficient (Wildman–Crippen LogP) is 1.31. The molecule has 1 aliphatic rings. The summed E-state index contributed by atoms with van der Waals surface area (Å²) in [5, 5.41) is 11.9. The van der Waals surface area contributed by atoms with Crippen LogP contribution >= 0.6 is 0 Å². The maximum atomic E-state index is 11.5. The summed E-state index contributed by atoms with van der Waals surface area (Å²) in [7, 11) is 0. The molecule has 0 saturated heterocycles. The van der Waals surface area contributed by atoms with Crippen molar-refractivity contribution in [3.8, 4) is 0 Å². The van der Waals surface area contributed by atoms with E-state index >= 15 is 0 Å². The monoisotopic (exact) mass is 199 g/mol. The summed E-state index contributed by atoms with van der Waals surface area (Å²) in [6.45, 7) is 6.38. The minimum absolute atomic E-state index is 0.0211. The average Bonchev–Trinajstić information content (AvgIpc) is 2.83. The zero-order valence-corrected chi connectivity index (χ0v) is 9.34. The Morgan fingerprint density at radius 2 is 2.07 bits per heavy atom. The average molecular weight is 199 g/mol. The molecule has 0 aromatic rings. The zero-order chi connectivity index (χ0) is 10.8. The molecule has 14 heavy (non-hydrogen) atoms. The lowest BCUT2D eigenvalue weighted by atomic mass is 9.85. The van der Waals surface area contributed by atoms with Crippen molar-refractivity contribution in [1.29, 1.82) is 0 Å². The van der Waals surface area contributed by atoms with Gasteiger partial charge in [-0.25, -0.2) is 0 Å². The van der Waals surface area contributed by atoms with Crippen molar-refractivity contribution in [3.63, 3.8) is 0 Å². The number of hydrogen-bond donors (Lipinski definition) is 2. The second kappa shape index (κ2) is 4.30. The Morgan fingerprint density at radius 3 is 2.43 bits per heavy atom. The predicted molar refractivity (Wildman–Crippen MR) is 55.8 cm³/mol. The summed E-state index contributed by atoms with van der Waals surface area (Å²) in [5.41, 5.74) is 0.0211. The van der Waals surface area contributed by atoms with Gasteiger partial charge in [-0.3, -0.25) is 4.79 Å².